The summed E-state index contributed by atoms with van der Waals surface area (Å²) >= 11 is 11.9. The van der Waals surface area contributed by atoms with Gasteiger partial charge in [0.1, 0.15) is 6.07 Å². The van der Waals surface area contributed by atoms with Crippen molar-refractivity contribution in [2.45, 2.75) is 6.92 Å². The van der Waals surface area contributed by atoms with Gasteiger partial charge in [-0.3, -0.25) is 0 Å². The summed E-state index contributed by atoms with van der Waals surface area (Å²) in [5.41, 5.74) is 2.08. The molecule has 0 unspecified atom stereocenters. The molecule has 0 aliphatic rings. The molecule has 1 aromatic carbocycles. The lowest BCUT2D eigenvalue weighted by Gasteiger charge is -2.05. The first-order valence-corrected chi connectivity index (χ1v) is 5.57. The summed E-state index contributed by atoms with van der Waals surface area (Å²) in [5.74, 6) is 0.131. The van der Waals surface area contributed by atoms with Crippen molar-refractivity contribution >= 4 is 23.2 Å². The zero-order chi connectivity index (χ0) is 12.4. The van der Waals surface area contributed by atoms with Crippen LogP contribution in [0.3, 0.4) is 0 Å². The lowest BCUT2D eigenvalue weighted by molar-refractivity contribution is 1.06. The number of benzene rings is 1. The average molecular weight is 264 g/mol. The molecule has 0 bridgehead atoms. The molecular formula is C12H7Cl2N3. The van der Waals surface area contributed by atoms with Gasteiger partial charge in [0.2, 0.25) is 5.82 Å². The molecule has 1 aromatic heterocycles. The van der Waals surface area contributed by atoms with Gasteiger partial charge in [0.25, 0.3) is 0 Å². The van der Waals surface area contributed by atoms with Crippen molar-refractivity contribution in [3.8, 4) is 17.3 Å². The molecule has 5 heteroatoms. The number of rotatable bonds is 1. The third-order valence-electron chi connectivity index (χ3n) is 2.16. The lowest BCUT2D eigenvalue weighted by atomic mass is 10.1. The van der Waals surface area contributed by atoms with Crippen molar-refractivity contribution in [3.05, 3.63) is 45.8 Å². The van der Waals surface area contributed by atoms with Crippen LogP contribution in [0.5, 0.6) is 0 Å². The largest absolute Gasteiger partial charge is 0.232 e. The second kappa shape index (κ2) is 4.70. The molecule has 2 rings (SSSR count). The molecule has 1 heterocycles. The van der Waals surface area contributed by atoms with E-state index >= 15 is 0 Å². The number of aryl methyl sites for hydroxylation is 1. The van der Waals surface area contributed by atoms with Crippen LogP contribution in [-0.2, 0) is 0 Å². The van der Waals surface area contributed by atoms with Gasteiger partial charge >= 0.3 is 0 Å². The first-order chi connectivity index (χ1) is 8.10. The van der Waals surface area contributed by atoms with E-state index < -0.39 is 0 Å². The minimum atomic E-state index is 0.131. The van der Waals surface area contributed by atoms with Gasteiger partial charge in [-0.2, -0.15) is 5.26 Å². The van der Waals surface area contributed by atoms with Crippen LogP contribution in [0.1, 0.15) is 11.5 Å². The molecule has 0 radical (unpaired) electrons. The predicted molar refractivity (Wildman–Crippen MR) is 66.9 cm³/mol. The smallest absolute Gasteiger partial charge is 0.224 e. The summed E-state index contributed by atoms with van der Waals surface area (Å²) in [6.07, 6.45) is 0. The fourth-order valence-corrected chi connectivity index (χ4v) is 1.96. The van der Waals surface area contributed by atoms with Crippen molar-refractivity contribution in [2.24, 2.45) is 0 Å². The molecule has 2 aromatic rings. The Kier molecular flexibility index (Phi) is 3.28. The fourth-order valence-electron chi connectivity index (χ4n) is 1.45. The second-order valence-corrected chi connectivity index (χ2v) is 4.30. The maximum Gasteiger partial charge on any atom is 0.232 e. The molecule has 17 heavy (non-hydrogen) atoms. The van der Waals surface area contributed by atoms with Gasteiger partial charge in [-0.05, 0) is 31.2 Å². The van der Waals surface area contributed by atoms with E-state index in [1.807, 2.05) is 6.07 Å². The predicted octanol–water partition coefficient (Wildman–Crippen LogP) is 3.63. The molecule has 84 valence electrons. The van der Waals surface area contributed by atoms with E-state index in [2.05, 4.69) is 9.97 Å². The van der Waals surface area contributed by atoms with Crippen LogP contribution >= 0.6 is 23.2 Å². The summed E-state index contributed by atoms with van der Waals surface area (Å²) in [5, 5.41) is 9.88. The third-order valence-corrected chi connectivity index (χ3v) is 2.71. The number of halogens is 2. The molecule has 3 nitrogen and oxygen atoms in total. The average Bonchev–Trinajstić information content (AvgIpc) is 2.28. The summed E-state index contributed by atoms with van der Waals surface area (Å²) in [7, 11) is 0. The molecule has 0 N–H and O–H groups in total. The SMILES string of the molecule is Cc1cc(-c2ccc(Cl)cc2Cl)nc(C#N)n1. The van der Waals surface area contributed by atoms with E-state index in [1.165, 1.54) is 0 Å². The highest BCUT2D eigenvalue weighted by atomic mass is 35.5. The first kappa shape index (κ1) is 11.8. The summed E-state index contributed by atoms with van der Waals surface area (Å²) in [6, 6.07) is 8.83. The normalized spacial score (nSPS) is 10.0. The molecule has 0 saturated carbocycles. The molecule has 0 aliphatic carbocycles. The van der Waals surface area contributed by atoms with E-state index in [0.717, 1.165) is 11.3 Å². The summed E-state index contributed by atoms with van der Waals surface area (Å²) in [6.45, 7) is 1.80. The minimum Gasteiger partial charge on any atom is -0.224 e. The highest BCUT2D eigenvalue weighted by Gasteiger charge is 2.08. The highest BCUT2D eigenvalue weighted by molar-refractivity contribution is 6.36. The van der Waals surface area contributed by atoms with Crippen molar-refractivity contribution in [1.29, 1.82) is 5.26 Å². The Labute approximate surface area is 109 Å². The summed E-state index contributed by atoms with van der Waals surface area (Å²) < 4.78 is 0. The van der Waals surface area contributed by atoms with Gasteiger partial charge < -0.3 is 0 Å². The maximum absolute atomic E-state index is 8.82. The van der Waals surface area contributed by atoms with Crippen LogP contribution in [0.25, 0.3) is 11.3 Å². The van der Waals surface area contributed by atoms with Gasteiger partial charge in [0, 0.05) is 16.3 Å². The zero-order valence-corrected chi connectivity index (χ0v) is 10.4. The Morgan fingerprint density at radius 1 is 1.18 bits per heavy atom. The topological polar surface area (TPSA) is 49.6 Å². The standard InChI is InChI=1S/C12H7Cl2N3/c1-7-4-11(17-12(6-15)16-7)9-3-2-8(13)5-10(9)14/h2-5H,1H3. The molecular weight excluding hydrogens is 257 g/mol. The van der Waals surface area contributed by atoms with E-state index in [4.69, 9.17) is 28.5 Å². The van der Waals surface area contributed by atoms with E-state index in [-0.39, 0.29) is 5.82 Å². The van der Waals surface area contributed by atoms with Gasteiger partial charge in [-0.15, -0.1) is 0 Å². The van der Waals surface area contributed by atoms with Crippen LogP contribution in [-0.4, -0.2) is 9.97 Å². The molecule has 0 amide bonds. The first-order valence-electron chi connectivity index (χ1n) is 4.81. The lowest BCUT2D eigenvalue weighted by Crippen LogP contribution is -1.95. The second-order valence-electron chi connectivity index (χ2n) is 3.45. The minimum absolute atomic E-state index is 0.131. The molecule has 0 aliphatic heterocycles. The Hall–Kier alpha value is -1.63. The number of nitrogens with zero attached hydrogens (tertiary/aromatic N) is 3. The number of hydrogen-bond acceptors (Lipinski definition) is 3. The number of hydrogen-bond donors (Lipinski definition) is 0. The van der Waals surface area contributed by atoms with Gasteiger partial charge in [0.05, 0.1) is 10.7 Å². The Balaban J connectivity index is 2.61. The van der Waals surface area contributed by atoms with Gasteiger partial charge in [0.15, 0.2) is 0 Å². The van der Waals surface area contributed by atoms with Crippen LogP contribution in [0.2, 0.25) is 10.0 Å². The zero-order valence-electron chi connectivity index (χ0n) is 8.91. The maximum atomic E-state index is 8.82. The Bertz CT molecular complexity index is 618. The number of nitriles is 1. The Morgan fingerprint density at radius 3 is 2.59 bits per heavy atom. The monoisotopic (exact) mass is 263 g/mol. The molecule has 0 fully saturated rings. The Morgan fingerprint density at radius 2 is 1.94 bits per heavy atom. The summed E-state index contributed by atoms with van der Waals surface area (Å²) in [4.78, 5) is 8.10. The third kappa shape index (κ3) is 2.55. The van der Waals surface area contributed by atoms with Crippen LogP contribution in [0.4, 0.5) is 0 Å². The van der Waals surface area contributed by atoms with E-state index in [9.17, 15) is 0 Å². The van der Waals surface area contributed by atoms with Crippen LogP contribution in [0, 0.1) is 18.3 Å². The van der Waals surface area contributed by atoms with Crippen molar-refractivity contribution in [2.75, 3.05) is 0 Å². The van der Waals surface area contributed by atoms with Crippen LogP contribution < -0.4 is 0 Å². The van der Waals surface area contributed by atoms with Gasteiger partial charge in [-0.25, -0.2) is 9.97 Å². The fraction of sp³-hybridized carbons (Fsp3) is 0.0833. The van der Waals surface area contributed by atoms with Crippen molar-refractivity contribution in [3.63, 3.8) is 0 Å². The van der Waals surface area contributed by atoms with Gasteiger partial charge in [-0.1, -0.05) is 23.2 Å². The van der Waals surface area contributed by atoms with Crippen LogP contribution in [0.15, 0.2) is 24.3 Å². The van der Waals surface area contributed by atoms with E-state index in [1.54, 1.807) is 31.2 Å². The van der Waals surface area contributed by atoms with Crippen molar-refractivity contribution in [1.82, 2.24) is 9.97 Å². The highest BCUT2D eigenvalue weighted by Crippen LogP contribution is 2.29. The molecule has 0 atom stereocenters. The van der Waals surface area contributed by atoms with E-state index in [0.29, 0.717) is 15.7 Å². The molecule has 0 spiro atoms. The number of aromatic nitrogens is 2. The van der Waals surface area contributed by atoms with Crippen molar-refractivity contribution < 1.29 is 0 Å². The quantitative estimate of drug-likeness (QED) is 0.790. The molecule has 0 saturated heterocycles.